The molecule has 26 heavy (non-hydrogen) atoms. The molecule has 0 saturated heterocycles. The van der Waals surface area contributed by atoms with Crippen LogP contribution in [0, 0.1) is 11.3 Å². The number of nitrogens with one attached hydrogen (secondary N) is 2. The van der Waals surface area contributed by atoms with Gasteiger partial charge >= 0.3 is 12.0 Å². The van der Waals surface area contributed by atoms with Gasteiger partial charge in [-0.05, 0) is 43.3 Å². The monoisotopic (exact) mass is 352 g/mol. The first-order valence-electron chi connectivity index (χ1n) is 7.58. The third kappa shape index (κ3) is 4.82. The summed E-state index contributed by atoms with van der Waals surface area (Å²) in [5.74, 6) is -1.26. The van der Waals surface area contributed by atoms with Crippen molar-refractivity contribution >= 4 is 29.3 Å². The van der Waals surface area contributed by atoms with E-state index in [0.717, 1.165) is 0 Å². The van der Waals surface area contributed by atoms with E-state index in [9.17, 15) is 14.4 Å². The molecular weight excluding hydrogens is 336 g/mol. The Morgan fingerprint density at radius 1 is 1.08 bits per heavy atom. The van der Waals surface area contributed by atoms with Crippen LogP contribution >= 0.6 is 0 Å². The summed E-state index contributed by atoms with van der Waals surface area (Å²) in [6.45, 7) is 1.42. The normalized spacial score (nSPS) is 10.9. The van der Waals surface area contributed by atoms with E-state index in [0.29, 0.717) is 16.9 Å². The van der Waals surface area contributed by atoms with Crippen LogP contribution in [0.3, 0.4) is 0 Å². The maximum Gasteiger partial charge on any atom is 0.338 e. The number of esters is 1. The van der Waals surface area contributed by atoms with E-state index in [4.69, 9.17) is 15.7 Å². The molecule has 0 radical (unpaired) electrons. The Hall–Kier alpha value is -3.86. The number of hydrogen-bond donors (Lipinski definition) is 3. The minimum absolute atomic E-state index is 0.206. The number of anilines is 2. The molecule has 0 aromatic heterocycles. The van der Waals surface area contributed by atoms with Gasteiger partial charge in [0.2, 0.25) is 0 Å². The van der Waals surface area contributed by atoms with Crippen molar-refractivity contribution in [1.82, 2.24) is 0 Å². The molecule has 0 fully saturated rings. The molecule has 8 heteroatoms. The molecule has 132 valence electrons. The maximum absolute atomic E-state index is 12.2. The number of rotatable bonds is 5. The van der Waals surface area contributed by atoms with E-state index in [-0.39, 0.29) is 5.56 Å². The van der Waals surface area contributed by atoms with Gasteiger partial charge in [0.1, 0.15) is 6.07 Å². The zero-order valence-electron chi connectivity index (χ0n) is 13.9. The number of benzene rings is 2. The summed E-state index contributed by atoms with van der Waals surface area (Å²) in [5, 5.41) is 13.9. The van der Waals surface area contributed by atoms with Gasteiger partial charge in [0, 0.05) is 5.69 Å². The second kappa shape index (κ2) is 8.30. The number of nitrogens with zero attached hydrogens (tertiary/aromatic N) is 1. The Morgan fingerprint density at radius 2 is 1.73 bits per heavy atom. The fourth-order valence-corrected chi connectivity index (χ4v) is 2.04. The molecule has 1 unspecified atom stereocenters. The van der Waals surface area contributed by atoms with Gasteiger partial charge in [0.15, 0.2) is 6.10 Å². The van der Waals surface area contributed by atoms with Crippen molar-refractivity contribution in [2.24, 2.45) is 5.73 Å². The molecule has 4 N–H and O–H groups in total. The van der Waals surface area contributed by atoms with Crippen LogP contribution < -0.4 is 16.4 Å². The van der Waals surface area contributed by atoms with E-state index in [1.165, 1.54) is 31.2 Å². The lowest BCUT2D eigenvalue weighted by atomic mass is 10.2. The molecular formula is C18H16N4O4. The zero-order chi connectivity index (χ0) is 19.1. The lowest BCUT2D eigenvalue weighted by molar-refractivity contribution is -0.123. The van der Waals surface area contributed by atoms with Crippen molar-refractivity contribution in [2.75, 3.05) is 10.6 Å². The Kier molecular flexibility index (Phi) is 5.90. The van der Waals surface area contributed by atoms with Crippen LogP contribution in [0.4, 0.5) is 16.2 Å². The van der Waals surface area contributed by atoms with Crippen LogP contribution in [0.15, 0.2) is 48.5 Å². The van der Waals surface area contributed by atoms with Crippen LogP contribution in [0.25, 0.3) is 0 Å². The predicted molar refractivity (Wildman–Crippen MR) is 94.3 cm³/mol. The summed E-state index contributed by atoms with van der Waals surface area (Å²) < 4.78 is 5.12. The molecule has 0 aliphatic heterocycles. The first kappa shape index (κ1) is 18.5. The van der Waals surface area contributed by atoms with E-state index in [2.05, 4.69) is 10.6 Å². The van der Waals surface area contributed by atoms with Crippen molar-refractivity contribution in [3.05, 3.63) is 59.7 Å². The van der Waals surface area contributed by atoms with Crippen LogP contribution in [-0.4, -0.2) is 24.0 Å². The standard InChI is InChI=1S/C18H16N4O4/c1-11(16(23)22-15-5-3-2-4-13(15)10-19)26-17(24)12-6-8-14(9-7-12)21-18(20)25/h2-9,11H,1H3,(H,22,23)(H3,20,21,25). The fourth-order valence-electron chi connectivity index (χ4n) is 2.04. The van der Waals surface area contributed by atoms with Crippen molar-refractivity contribution < 1.29 is 19.1 Å². The third-order valence-corrected chi connectivity index (χ3v) is 3.35. The van der Waals surface area contributed by atoms with Gasteiger partial charge in [-0.2, -0.15) is 5.26 Å². The van der Waals surface area contributed by atoms with Gasteiger partial charge in [-0.1, -0.05) is 12.1 Å². The van der Waals surface area contributed by atoms with Crippen LogP contribution in [0.5, 0.6) is 0 Å². The molecule has 0 aliphatic rings. The second-order valence-corrected chi connectivity index (χ2v) is 5.26. The molecule has 0 heterocycles. The van der Waals surface area contributed by atoms with Gasteiger partial charge in [0.25, 0.3) is 5.91 Å². The molecule has 3 amide bonds. The molecule has 2 rings (SSSR count). The number of nitriles is 1. The van der Waals surface area contributed by atoms with Gasteiger partial charge in [0.05, 0.1) is 16.8 Å². The number of primary amides is 1. The van der Waals surface area contributed by atoms with E-state index >= 15 is 0 Å². The summed E-state index contributed by atoms with van der Waals surface area (Å²) in [7, 11) is 0. The molecule has 2 aromatic carbocycles. The van der Waals surface area contributed by atoms with Gasteiger partial charge in [-0.15, -0.1) is 0 Å². The maximum atomic E-state index is 12.2. The topological polar surface area (TPSA) is 134 Å². The Balaban J connectivity index is 1.98. The number of amides is 3. The number of carbonyl (C=O) groups excluding carboxylic acids is 3. The number of urea groups is 1. The molecule has 1 atom stereocenters. The van der Waals surface area contributed by atoms with E-state index in [1.807, 2.05) is 6.07 Å². The summed E-state index contributed by atoms with van der Waals surface area (Å²) in [6, 6.07) is 13.6. The molecule has 0 aliphatic carbocycles. The average Bonchev–Trinajstić information content (AvgIpc) is 2.62. The predicted octanol–water partition coefficient (Wildman–Crippen LogP) is 2.23. The largest absolute Gasteiger partial charge is 0.449 e. The average molecular weight is 352 g/mol. The number of ether oxygens (including phenoxy) is 1. The Labute approximate surface area is 149 Å². The summed E-state index contributed by atoms with van der Waals surface area (Å²) in [4.78, 5) is 35.0. The molecule has 0 bridgehead atoms. The highest BCUT2D eigenvalue weighted by Gasteiger charge is 2.20. The van der Waals surface area contributed by atoms with E-state index in [1.54, 1.807) is 24.3 Å². The number of nitrogens with two attached hydrogens (primary N) is 1. The molecule has 8 nitrogen and oxygen atoms in total. The smallest absolute Gasteiger partial charge is 0.338 e. The summed E-state index contributed by atoms with van der Waals surface area (Å²) in [6.07, 6.45) is -1.07. The highest BCUT2D eigenvalue weighted by molar-refractivity contribution is 5.98. The Morgan fingerprint density at radius 3 is 2.35 bits per heavy atom. The SMILES string of the molecule is CC(OC(=O)c1ccc(NC(N)=O)cc1)C(=O)Nc1ccccc1C#N. The van der Waals surface area contributed by atoms with Crippen LogP contribution in [0.2, 0.25) is 0 Å². The van der Waals surface area contributed by atoms with Gasteiger partial charge in [-0.3, -0.25) is 4.79 Å². The minimum Gasteiger partial charge on any atom is -0.449 e. The van der Waals surface area contributed by atoms with Crippen molar-refractivity contribution in [3.8, 4) is 6.07 Å². The first-order valence-corrected chi connectivity index (χ1v) is 7.58. The summed E-state index contributed by atoms with van der Waals surface area (Å²) >= 11 is 0. The molecule has 0 spiro atoms. The van der Waals surface area contributed by atoms with Gasteiger partial charge < -0.3 is 21.1 Å². The van der Waals surface area contributed by atoms with Crippen molar-refractivity contribution in [3.63, 3.8) is 0 Å². The van der Waals surface area contributed by atoms with Crippen molar-refractivity contribution in [1.29, 1.82) is 5.26 Å². The first-order chi connectivity index (χ1) is 12.4. The zero-order valence-corrected chi connectivity index (χ0v) is 13.9. The van der Waals surface area contributed by atoms with Crippen LogP contribution in [0.1, 0.15) is 22.8 Å². The fraction of sp³-hybridized carbons (Fsp3) is 0.111. The molecule has 2 aromatic rings. The van der Waals surface area contributed by atoms with E-state index < -0.39 is 24.0 Å². The molecule has 0 saturated carbocycles. The Bertz CT molecular complexity index is 872. The van der Waals surface area contributed by atoms with Crippen molar-refractivity contribution in [2.45, 2.75) is 13.0 Å². The quantitative estimate of drug-likeness (QED) is 0.709. The highest BCUT2D eigenvalue weighted by atomic mass is 16.5. The second-order valence-electron chi connectivity index (χ2n) is 5.26. The lowest BCUT2D eigenvalue weighted by Gasteiger charge is -2.14. The third-order valence-electron chi connectivity index (χ3n) is 3.35. The number of para-hydroxylation sites is 1. The summed E-state index contributed by atoms with van der Waals surface area (Å²) in [5.41, 5.74) is 6.27. The van der Waals surface area contributed by atoms with Crippen LogP contribution in [-0.2, 0) is 9.53 Å². The number of carbonyl (C=O) groups is 3. The highest BCUT2D eigenvalue weighted by Crippen LogP contribution is 2.15. The lowest BCUT2D eigenvalue weighted by Crippen LogP contribution is -2.30. The number of hydrogen-bond acceptors (Lipinski definition) is 5. The van der Waals surface area contributed by atoms with Gasteiger partial charge in [-0.25, -0.2) is 9.59 Å². The minimum atomic E-state index is -1.07.